The number of nitrogens with zero attached hydrogens (tertiary/aromatic N) is 1. The largest absolute Gasteiger partial charge is 0.444 e. The summed E-state index contributed by atoms with van der Waals surface area (Å²) in [6, 6.07) is 3.27. The zero-order chi connectivity index (χ0) is 17.5. The van der Waals surface area contributed by atoms with Gasteiger partial charge in [-0.25, -0.2) is 9.18 Å². The van der Waals surface area contributed by atoms with Crippen molar-refractivity contribution in [2.24, 2.45) is 0 Å². The van der Waals surface area contributed by atoms with Gasteiger partial charge in [0.1, 0.15) is 17.1 Å². The van der Waals surface area contributed by atoms with Gasteiger partial charge in [-0.3, -0.25) is 10.1 Å². The maximum atomic E-state index is 13.1. The van der Waals surface area contributed by atoms with E-state index in [9.17, 15) is 19.3 Å². The van der Waals surface area contributed by atoms with Crippen LogP contribution in [0.3, 0.4) is 0 Å². The van der Waals surface area contributed by atoms with Crippen molar-refractivity contribution < 1.29 is 18.8 Å². The molecule has 23 heavy (non-hydrogen) atoms. The van der Waals surface area contributed by atoms with E-state index in [0.29, 0.717) is 25.9 Å². The molecule has 8 heteroatoms. The van der Waals surface area contributed by atoms with Crippen molar-refractivity contribution in [3.8, 4) is 0 Å². The zero-order valence-corrected chi connectivity index (χ0v) is 13.5. The maximum absolute atomic E-state index is 13.1. The molecule has 0 aliphatic carbocycles. The number of alkyl carbamates (subject to hydrolysis) is 1. The molecule has 0 spiro atoms. The van der Waals surface area contributed by atoms with Crippen LogP contribution < -0.4 is 10.6 Å². The number of carbonyl (C=O) groups is 1. The number of nitrogens with one attached hydrogen (secondary N) is 2. The predicted molar refractivity (Wildman–Crippen MR) is 85.0 cm³/mol. The molecule has 2 N–H and O–H groups in total. The number of carbonyl (C=O) groups excluding carboxylic acids is 1. The maximum Gasteiger partial charge on any atom is 0.407 e. The van der Waals surface area contributed by atoms with E-state index in [1.165, 1.54) is 0 Å². The molecule has 0 saturated carbocycles. The van der Waals surface area contributed by atoms with Crippen LogP contribution in [-0.4, -0.2) is 29.7 Å². The average molecular weight is 327 g/mol. The Balaban J connectivity index is 2.29. The van der Waals surface area contributed by atoms with Crippen LogP contribution in [0.1, 0.15) is 33.6 Å². The highest BCUT2D eigenvalue weighted by molar-refractivity contribution is 5.67. The average Bonchev–Trinajstić information content (AvgIpc) is 2.40. The van der Waals surface area contributed by atoms with Crippen molar-refractivity contribution in [2.45, 2.75) is 39.2 Å². The molecular formula is C15H22FN3O4. The summed E-state index contributed by atoms with van der Waals surface area (Å²) in [6.45, 7) is 6.20. The number of rotatable bonds is 7. The Morgan fingerprint density at radius 1 is 1.30 bits per heavy atom. The van der Waals surface area contributed by atoms with Crippen molar-refractivity contribution in [3.05, 3.63) is 34.1 Å². The number of anilines is 1. The van der Waals surface area contributed by atoms with E-state index >= 15 is 0 Å². The van der Waals surface area contributed by atoms with Crippen LogP contribution in [0.25, 0.3) is 0 Å². The fourth-order valence-electron chi connectivity index (χ4n) is 1.79. The first-order valence-corrected chi connectivity index (χ1v) is 7.34. The third kappa shape index (κ3) is 7.44. The Hall–Kier alpha value is -2.38. The summed E-state index contributed by atoms with van der Waals surface area (Å²) in [7, 11) is 0. The normalized spacial score (nSPS) is 11.0. The Bertz CT molecular complexity index is 558. The standard InChI is InChI=1S/C15H22FN3O4/c1-15(2,3)23-14(20)18-9-5-4-8-17-12-10-11(16)6-7-13(12)19(21)22/h6-7,10,17H,4-5,8-9H2,1-3H3,(H,18,20). The van der Waals surface area contributed by atoms with Gasteiger partial charge in [-0.05, 0) is 39.7 Å². The Kier molecular flexibility index (Phi) is 6.74. The van der Waals surface area contributed by atoms with Crippen molar-refractivity contribution in [1.29, 1.82) is 0 Å². The monoisotopic (exact) mass is 327 g/mol. The summed E-state index contributed by atoms with van der Waals surface area (Å²) in [6.07, 6.45) is 0.838. The summed E-state index contributed by atoms with van der Waals surface area (Å²) in [5.41, 5.74) is -0.560. The van der Waals surface area contributed by atoms with Gasteiger partial charge in [0.2, 0.25) is 0 Å². The van der Waals surface area contributed by atoms with Gasteiger partial charge in [-0.1, -0.05) is 0 Å². The van der Waals surface area contributed by atoms with E-state index < -0.39 is 22.4 Å². The molecule has 7 nitrogen and oxygen atoms in total. The second-order valence-corrected chi connectivity index (χ2v) is 5.98. The van der Waals surface area contributed by atoms with Crippen molar-refractivity contribution in [3.63, 3.8) is 0 Å². The number of unbranched alkanes of at least 4 members (excludes halogenated alkanes) is 1. The van der Waals surface area contributed by atoms with E-state index in [4.69, 9.17) is 4.74 Å². The lowest BCUT2D eigenvalue weighted by atomic mass is 10.2. The van der Waals surface area contributed by atoms with Gasteiger partial charge in [0.05, 0.1) is 4.92 Å². The lowest BCUT2D eigenvalue weighted by Gasteiger charge is -2.19. The van der Waals surface area contributed by atoms with Crippen LogP contribution in [0.4, 0.5) is 20.6 Å². The molecule has 0 aliphatic rings. The highest BCUT2D eigenvalue weighted by Crippen LogP contribution is 2.24. The van der Waals surface area contributed by atoms with Crippen LogP contribution in [0.2, 0.25) is 0 Å². The van der Waals surface area contributed by atoms with Crippen molar-refractivity contribution in [1.82, 2.24) is 5.32 Å². The SMILES string of the molecule is CC(C)(C)OC(=O)NCCCCNc1cc(F)ccc1[N+](=O)[O-]. The van der Waals surface area contributed by atoms with Crippen molar-refractivity contribution in [2.75, 3.05) is 18.4 Å². The zero-order valence-electron chi connectivity index (χ0n) is 13.5. The molecule has 1 rings (SSSR count). The molecule has 0 atom stereocenters. The molecule has 1 amide bonds. The number of halogens is 1. The summed E-state index contributed by atoms with van der Waals surface area (Å²) < 4.78 is 18.2. The van der Waals surface area contributed by atoms with Crippen LogP contribution in [-0.2, 0) is 4.74 Å². The lowest BCUT2D eigenvalue weighted by Crippen LogP contribution is -2.33. The van der Waals surface area contributed by atoms with Gasteiger partial charge in [0.25, 0.3) is 5.69 Å². The summed E-state index contributed by atoms with van der Waals surface area (Å²) in [5, 5.41) is 16.3. The fourth-order valence-corrected chi connectivity index (χ4v) is 1.79. The number of ether oxygens (including phenoxy) is 1. The van der Waals surface area contributed by atoms with Gasteiger partial charge < -0.3 is 15.4 Å². The minimum atomic E-state index is -0.564. The quantitative estimate of drug-likeness (QED) is 0.454. The molecule has 0 bridgehead atoms. The lowest BCUT2D eigenvalue weighted by molar-refractivity contribution is -0.384. The number of nitro groups is 1. The van der Waals surface area contributed by atoms with Crippen LogP contribution in [0, 0.1) is 15.9 Å². The molecule has 0 fully saturated rings. The van der Waals surface area contributed by atoms with Gasteiger partial charge in [-0.2, -0.15) is 0 Å². The predicted octanol–water partition coefficient (Wildman–Crippen LogP) is 3.45. The van der Waals surface area contributed by atoms with Gasteiger partial charge in [0, 0.05) is 25.2 Å². The van der Waals surface area contributed by atoms with Crippen LogP contribution in [0.15, 0.2) is 18.2 Å². The molecule has 0 aromatic heterocycles. The topological polar surface area (TPSA) is 93.5 Å². The molecule has 1 aromatic rings. The second-order valence-electron chi connectivity index (χ2n) is 5.98. The third-order valence-corrected chi connectivity index (χ3v) is 2.74. The summed E-state index contributed by atoms with van der Waals surface area (Å²) >= 11 is 0. The molecule has 0 aliphatic heterocycles. The Morgan fingerprint density at radius 2 is 1.96 bits per heavy atom. The third-order valence-electron chi connectivity index (χ3n) is 2.74. The number of amides is 1. The second kappa shape index (κ2) is 8.30. The van der Waals surface area contributed by atoms with E-state index in [2.05, 4.69) is 10.6 Å². The smallest absolute Gasteiger partial charge is 0.407 e. The molecule has 0 radical (unpaired) electrons. The first-order chi connectivity index (χ1) is 10.7. The Labute approximate surface area is 134 Å². The number of nitro benzene ring substituents is 1. The molecule has 0 heterocycles. The summed E-state index contributed by atoms with van der Waals surface area (Å²) in [4.78, 5) is 21.7. The highest BCUT2D eigenvalue weighted by atomic mass is 19.1. The first kappa shape index (κ1) is 18.7. The fraction of sp³-hybridized carbons (Fsp3) is 0.533. The van der Waals surface area contributed by atoms with Gasteiger partial charge in [0.15, 0.2) is 0 Å². The van der Waals surface area contributed by atoms with Gasteiger partial charge in [-0.15, -0.1) is 0 Å². The number of benzene rings is 1. The molecular weight excluding hydrogens is 305 g/mol. The Morgan fingerprint density at radius 3 is 2.57 bits per heavy atom. The number of hydrogen-bond donors (Lipinski definition) is 2. The van der Waals surface area contributed by atoms with E-state index in [1.54, 1.807) is 20.8 Å². The molecule has 128 valence electrons. The van der Waals surface area contributed by atoms with Crippen molar-refractivity contribution >= 4 is 17.5 Å². The van der Waals surface area contributed by atoms with Gasteiger partial charge >= 0.3 is 6.09 Å². The first-order valence-electron chi connectivity index (χ1n) is 7.34. The number of hydrogen-bond acceptors (Lipinski definition) is 5. The molecule has 1 aromatic carbocycles. The minimum absolute atomic E-state index is 0.148. The minimum Gasteiger partial charge on any atom is -0.444 e. The summed E-state index contributed by atoms with van der Waals surface area (Å²) in [5.74, 6) is -0.537. The van der Waals surface area contributed by atoms with E-state index in [1.807, 2.05) is 0 Å². The highest BCUT2D eigenvalue weighted by Gasteiger charge is 2.15. The molecule has 0 unspecified atom stereocenters. The van der Waals surface area contributed by atoms with E-state index in [-0.39, 0.29) is 11.4 Å². The van der Waals surface area contributed by atoms with Crippen LogP contribution >= 0.6 is 0 Å². The van der Waals surface area contributed by atoms with Crippen LogP contribution in [0.5, 0.6) is 0 Å². The van der Waals surface area contributed by atoms with E-state index in [0.717, 1.165) is 18.2 Å². The molecule has 0 saturated heterocycles.